The van der Waals surface area contributed by atoms with Gasteiger partial charge in [0, 0.05) is 11.6 Å². The number of nitrogens with two attached hydrogens (primary N) is 1. The maximum absolute atomic E-state index is 13.1. The van der Waals surface area contributed by atoms with E-state index in [9.17, 15) is 14.0 Å². The molecule has 0 saturated heterocycles. The van der Waals surface area contributed by atoms with Crippen molar-refractivity contribution in [2.45, 2.75) is 20.8 Å². The Kier molecular flexibility index (Phi) is 4.47. The minimum atomic E-state index is -0.426. The average Bonchev–Trinajstić information content (AvgIpc) is 2.57. The summed E-state index contributed by atoms with van der Waals surface area (Å²) in [4.78, 5) is 25.3. The molecule has 0 aliphatic heterocycles. The molecule has 2 aromatic carbocycles. The van der Waals surface area contributed by atoms with Crippen LogP contribution in [0, 0.1) is 26.6 Å². The standard InChI is InChI=1S/C21H19FN2O2/c1-12-10-13(2)19(14(3)11-12)24-18(25)9-8-17(21(24)23)20(26)15-4-6-16(22)7-5-15/h4-11H,23H2,1-3H3. The summed E-state index contributed by atoms with van der Waals surface area (Å²) in [7, 11) is 0. The summed E-state index contributed by atoms with van der Waals surface area (Å²) in [5, 5.41) is 0. The van der Waals surface area contributed by atoms with Gasteiger partial charge in [-0.15, -0.1) is 0 Å². The van der Waals surface area contributed by atoms with Gasteiger partial charge in [-0.3, -0.25) is 14.2 Å². The van der Waals surface area contributed by atoms with Crippen LogP contribution in [0.25, 0.3) is 5.69 Å². The van der Waals surface area contributed by atoms with Gasteiger partial charge in [-0.25, -0.2) is 4.39 Å². The lowest BCUT2D eigenvalue weighted by Crippen LogP contribution is -2.25. The topological polar surface area (TPSA) is 65.1 Å². The first-order valence-corrected chi connectivity index (χ1v) is 8.19. The van der Waals surface area contributed by atoms with E-state index in [1.807, 2.05) is 32.9 Å². The van der Waals surface area contributed by atoms with Gasteiger partial charge >= 0.3 is 0 Å². The maximum Gasteiger partial charge on any atom is 0.256 e. The van der Waals surface area contributed by atoms with Gasteiger partial charge in [0.15, 0.2) is 5.78 Å². The first-order valence-electron chi connectivity index (χ1n) is 8.19. The van der Waals surface area contributed by atoms with Gasteiger partial charge in [0.05, 0.1) is 11.3 Å². The molecule has 132 valence electrons. The molecule has 0 aliphatic carbocycles. The van der Waals surface area contributed by atoms with Crippen molar-refractivity contribution in [1.82, 2.24) is 4.57 Å². The summed E-state index contributed by atoms with van der Waals surface area (Å²) in [5.41, 5.74) is 9.96. The molecule has 0 bridgehead atoms. The number of benzene rings is 2. The van der Waals surface area contributed by atoms with E-state index in [1.54, 1.807) is 0 Å². The highest BCUT2D eigenvalue weighted by Gasteiger charge is 2.18. The number of ketones is 1. The molecule has 4 nitrogen and oxygen atoms in total. The Morgan fingerprint density at radius 3 is 2.12 bits per heavy atom. The zero-order valence-electron chi connectivity index (χ0n) is 14.8. The van der Waals surface area contributed by atoms with Crippen LogP contribution in [0.4, 0.5) is 10.2 Å². The maximum atomic E-state index is 13.1. The van der Waals surface area contributed by atoms with Crippen LogP contribution in [0.2, 0.25) is 0 Å². The fraction of sp³-hybridized carbons (Fsp3) is 0.143. The molecule has 1 heterocycles. The zero-order chi connectivity index (χ0) is 19.0. The van der Waals surface area contributed by atoms with Crippen molar-refractivity contribution >= 4 is 11.6 Å². The third-order valence-electron chi connectivity index (χ3n) is 4.34. The summed E-state index contributed by atoms with van der Waals surface area (Å²) in [5.74, 6) is -0.717. The van der Waals surface area contributed by atoms with E-state index in [2.05, 4.69) is 0 Å². The normalized spacial score (nSPS) is 10.8. The molecule has 3 aromatic rings. The Morgan fingerprint density at radius 1 is 0.962 bits per heavy atom. The van der Waals surface area contributed by atoms with Crippen LogP contribution in [0.15, 0.2) is 53.3 Å². The number of hydrogen-bond acceptors (Lipinski definition) is 3. The second-order valence-corrected chi connectivity index (χ2v) is 6.39. The average molecular weight is 350 g/mol. The van der Waals surface area contributed by atoms with Crippen molar-refractivity contribution in [1.29, 1.82) is 0 Å². The Labute approximate surface area is 150 Å². The van der Waals surface area contributed by atoms with Crippen molar-refractivity contribution < 1.29 is 9.18 Å². The molecular formula is C21H19FN2O2. The van der Waals surface area contributed by atoms with Gasteiger partial charge in [0.25, 0.3) is 5.56 Å². The summed E-state index contributed by atoms with van der Waals surface area (Å²) in [6, 6.07) is 11.9. The minimum Gasteiger partial charge on any atom is -0.384 e. The molecule has 26 heavy (non-hydrogen) atoms. The molecular weight excluding hydrogens is 331 g/mol. The molecule has 0 unspecified atom stereocenters. The molecule has 0 radical (unpaired) electrons. The molecule has 2 N–H and O–H groups in total. The van der Waals surface area contributed by atoms with Crippen LogP contribution in [0.1, 0.15) is 32.6 Å². The molecule has 3 rings (SSSR count). The Morgan fingerprint density at radius 2 is 1.54 bits per heavy atom. The zero-order valence-corrected chi connectivity index (χ0v) is 14.8. The number of anilines is 1. The van der Waals surface area contributed by atoms with E-state index in [0.717, 1.165) is 16.7 Å². The molecule has 0 amide bonds. The summed E-state index contributed by atoms with van der Waals surface area (Å²) >= 11 is 0. The third kappa shape index (κ3) is 3.04. The number of aryl methyl sites for hydroxylation is 3. The van der Waals surface area contributed by atoms with Gasteiger partial charge in [0.2, 0.25) is 0 Å². The van der Waals surface area contributed by atoms with Gasteiger partial charge in [-0.05, 0) is 62.2 Å². The van der Waals surface area contributed by atoms with Crippen molar-refractivity contribution in [3.63, 3.8) is 0 Å². The monoisotopic (exact) mass is 350 g/mol. The smallest absolute Gasteiger partial charge is 0.256 e. The van der Waals surface area contributed by atoms with E-state index in [-0.39, 0.29) is 22.7 Å². The van der Waals surface area contributed by atoms with Crippen LogP contribution in [0.5, 0.6) is 0 Å². The second kappa shape index (κ2) is 6.59. The van der Waals surface area contributed by atoms with Crippen molar-refractivity contribution in [3.8, 4) is 5.69 Å². The number of nitrogen functional groups attached to an aromatic ring is 1. The Bertz CT molecular complexity index is 1040. The van der Waals surface area contributed by atoms with Gasteiger partial charge in [-0.2, -0.15) is 0 Å². The van der Waals surface area contributed by atoms with Crippen LogP contribution in [-0.2, 0) is 0 Å². The molecule has 0 fully saturated rings. The fourth-order valence-corrected chi connectivity index (χ4v) is 3.26. The lowest BCUT2D eigenvalue weighted by atomic mass is 10.0. The van der Waals surface area contributed by atoms with Gasteiger partial charge in [0.1, 0.15) is 11.6 Å². The van der Waals surface area contributed by atoms with Crippen LogP contribution >= 0.6 is 0 Å². The van der Waals surface area contributed by atoms with E-state index >= 15 is 0 Å². The summed E-state index contributed by atoms with van der Waals surface area (Å²) < 4.78 is 14.5. The first kappa shape index (κ1) is 17.6. The predicted molar refractivity (Wildman–Crippen MR) is 100 cm³/mol. The molecule has 0 atom stereocenters. The van der Waals surface area contributed by atoms with Crippen molar-refractivity contribution in [2.24, 2.45) is 0 Å². The number of aromatic nitrogens is 1. The highest BCUT2D eigenvalue weighted by atomic mass is 19.1. The quantitative estimate of drug-likeness (QED) is 0.732. The van der Waals surface area contributed by atoms with E-state index in [1.165, 1.54) is 41.0 Å². The van der Waals surface area contributed by atoms with Gasteiger partial charge in [-0.1, -0.05) is 17.7 Å². The minimum absolute atomic E-state index is 0.0712. The molecule has 0 saturated carbocycles. The number of carbonyl (C=O) groups excluding carboxylic acids is 1. The van der Waals surface area contributed by atoms with E-state index in [0.29, 0.717) is 11.3 Å². The van der Waals surface area contributed by atoms with E-state index < -0.39 is 5.82 Å². The van der Waals surface area contributed by atoms with Crippen LogP contribution in [0.3, 0.4) is 0 Å². The van der Waals surface area contributed by atoms with E-state index in [4.69, 9.17) is 5.73 Å². The SMILES string of the molecule is Cc1cc(C)c(-n2c(N)c(C(=O)c3ccc(F)cc3)ccc2=O)c(C)c1. The van der Waals surface area contributed by atoms with Crippen molar-refractivity contribution in [2.75, 3.05) is 5.73 Å². The fourth-order valence-electron chi connectivity index (χ4n) is 3.26. The largest absolute Gasteiger partial charge is 0.384 e. The number of rotatable bonds is 3. The van der Waals surface area contributed by atoms with Crippen LogP contribution in [-0.4, -0.2) is 10.4 Å². The summed E-state index contributed by atoms with van der Waals surface area (Å²) in [6.45, 7) is 5.77. The molecule has 1 aromatic heterocycles. The molecule has 5 heteroatoms. The number of nitrogens with zero attached hydrogens (tertiary/aromatic N) is 1. The molecule has 0 spiro atoms. The Hall–Kier alpha value is -3.21. The van der Waals surface area contributed by atoms with Crippen LogP contribution < -0.4 is 11.3 Å². The number of carbonyl (C=O) groups is 1. The second-order valence-electron chi connectivity index (χ2n) is 6.39. The molecule has 0 aliphatic rings. The first-order chi connectivity index (χ1) is 12.3. The summed E-state index contributed by atoms with van der Waals surface area (Å²) in [6.07, 6.45) is 0. The Balaban J connectivity index is 2.21. The number of hydrogen-bond donors (Lipinski definition) is 1. The number of pyridine rings is 1. The van der Waals surface area contributed by atoms with Gasteiger partial charge < -0.3 is 5.73 Å². The highest BCUT2D eigenvalue weighted by Crippen LogP contribution is 2.24. The lowest BCUT2D eigenvalue weighted by molar-refractivity contribution is 0.103. The van der Waals surface area contributed by atoms with Crippen molar-refractivity contribution in [3.05, 3.63) is 92.5 Å². The third-order valence-corrected chi connectivity index (χ3v) is 4.34. The predicted octanol–water partition coefficient (Wildman–Crippen LogP) is 3.72. The number of halogens is 1. The highest BCUT2D eigenvalue weighted by molar-refractivity contribution is 6.11. The lowest BCUT2D eigenvalue weighted by Gasteiger charge is -2.18.